The van der Waals surface area contributed by atoms with Gasteiger partial charge in [-0.15, -0.1) is 4.52 Å². The van der Waals surface area contributed by atoms with E-state index in [0.29, 0.717) is 0 Å². The van der Waals surface area contributed by atoms with Crippen molar-refractivity contribution in [3.05, 3.63) is 66.2 Å². The van der Waals surface area contributed by atoms with Crippen LogP contribution in [0.25, 0.3) is 0 Å². The quantitative estimate of drug-likeness (QED) is 0.546. The van der Waals surface area contributed by atoms with Crippen LogP contribution in [-0.2, 0) is 4.52 Å². The van der Waals surface area contributed by atoms with E-state index < -0.39 is 25.7 Å². The lowest BCUT2D eigenvalue weighted by molar-refractivity contribution is -0.199. The second-order valence-corrected chi connectivity index (χ2v) is 5.89. The average molecular weight is 321 g/mol. The SMILES string of the molecule is FC(F)(F)C(O[P+](F)(F)c1ccccc1)c1ccccc1. The third kappa shape index (κ3) is 3.99. The topological polar surface area (TPSA) is 9.23 Å². The van der Waals surface area contributed by atoms with E-state index in [1.165, 1.54) is 36.4 Å². The van der Waals surface area contributed by atoms with Crippen LogP contribution >= 0.6 is 8.11 Å². The lowest BCUT2D eigenvalue weighted by Gasteiger charge is -2.19. The minimum atomic E-state index is -5.33. The first kappa shape index (κ1) is 15.9. The molecule has 1 unspecified atom stereocenters. The molecular weight excluding hydrogens is 310 g/mol. The van der Waals surface area contributed by atoms with Crippen LogP contribution in [0.5, 0.6) is 0 Å². The van der Waals surface area contributed by atoms with E-state index >= 15 is 0 Å². The molecule has 0 aliphatic carbocycles. The molecule has 2 rings (SSSR count). The van der Waals surface area contributed by atoms with Gasteiger partial charge in [-0.05, 0) is 17.7 Å². The molecule has 1 atom stereocenters. The average Bonchev–Trinajstić information content (AvgIpc) is 2.46. The monoisotopic (exact) mass is 321 g/mol. The van der Waals surface area contributed by atoms with Gasteiger partial charge in [0.25, 0.3) is 0 Å². The molecule has 0 saturated carbocycles. The zero-order valence-electron chi connectivity index (χ0n) is 10.6. The van der Waals surface area contributed by atoms with Crippen molar-refractivity contribution >= 4 is 13.4 Å². The number of hydrogen-bond acceptors (Lipinski definition) is 1. The molecule has 0 radical (unpaired) electrons. The van der Waals surface area contributed by atoms with E-state index in [1.807, 2.05) is 0 Å². The van der Waals surface area contributed by atoms with E-state index in [2.05, 4.69) is 4.52 Å². The Morgan fingerprint density at radius 3 is 1.76 bits per heavy atom. The van der Waals surface area contributed by atoms with E-state index in [-0.39, 0.29) is 5.56 Å². The Morgan fingerprint density at radius 2 is 1.29 bits per heavy atom. The standard InChI is InChI=1S/C14H11F5OP/c15-14(16,17)13(11-7-3-1-4-8-11)20-21(18,19)12-9-5-2-6-10-12/h1-10,13H/q+1. The van der Waals surface area contributed by atoms with Crippen molar-refractivity contribution in [3.8, 4) is 0 Å². The second kappa shape index (κ2) is 6.08. The van der Waals surface area contributed by atoms with Gasteiger partial charge in [0.2, 0.25) is 6.10 Å². The maximum Gasteiger partial charge on any atom is 0.555 e. The molecule has 0 spiro atoms. The molecule has 0 amide bonds. The minimum absolute atomic E-state index is 0.347. The lowest BCUT2D eigenvalue weighted by Crippen LogP contribution is -2.24. The fraction of sp³-hybridized carbons (Fsp3) is 0.143. The molecule has 0 aliphatic heterocycles. The summed E-state index contributed by atoms with van der Waals surface area (Å²) in [4.78, 5) is 0. The van der Waals surface area contributed by atoms with Gasteiger partial charge in [-0.3, -0.25) is 0 Å². The van der Waals surface area contributed by atoms with Crippen LogP contribution in [0.1, 0.15) is 11.7 Å². The zero-order chi connectivity index (χ0) is 15.5. The number of alkyl halides is 3. The number of benzene rings is 2. The van der Waals surface area contributed by atoms with Gasteiger partial charge in [0.1, 0.15) is 0 Å². The van der Waals surface area contributed by atoms with Crippen molar-refractivity contribution in [1.29, 1.82) is 0 Å². The van der Waals surface area contributed by atoms with Gasteiger partial charge in [-0.1, -0.05) is 48.5 Å². The predicted octanol–water partition coefficient (Wildman–Crippen LogP) is 5.33. The maximum atomic E-state index is 14.0. The fourth-order valence-corrected chi connectivity index (χ4v) is 2.88. The molecule has 21 heavy (non-hydrogen) atoms. The summed E-state index contributed by atoms with van der Waals surface area (Å²) in [5, 5.41) is -0.518. The van der Waals surface area contributed by atoms with Crippen molar-refractivity contribution in [2.75, 3.05) is 0 Å². The largest absolute Gasteiger partial charge is 0.555 e. The van der Waals surface area contributed by atoms with Crippen molar-refractivity contribution < 1.29 is 26.1 Å². The number of hydrogen-bond donors (Lipinski definition) is 0. The molecule has 0 fully saturated rings. The lowest BCUT2D eigenvalue weighted by atomic mass is 10.1. The number of rotatable bonds is 4. The smallest absolute Gasteiger partial charge is 0.168 e. The van der Waals surface area contributed by atoms with E-state index in [4.69, 9.17) is 0 Å². The summed E-state index contributed by atoms with van der Waals surface area (Å²) < 4.78 is 71.3. The molecule has 0 aromatic heterocycles. The van der Waals surface area contributed by atoms with Crippen molar-refractivity contribution in [2.45, 2.75) is 12.3 Å². The van der Waals surface area contributed by atoms with Crippen LogP contribution in [0.3, 0.4) is 0 Å². The fourth-order valence-electron chi connectivity index (χ4n) is 1.73. The second-order valence-electron chi connectivity index (χ2n) is 4.24. The van der Waals surface area contributed by atoms with Gasteiger partial charge in [0.15, 0.2) is 5.30 Å². The Kier molecular flexibility index (Phi) is 4.59. The van der Waals surface area contributed by atoms with Crippen molar-refractivity contribution in [1.82, 2.24) is 0 Å². The summed E-state index contributed by atoms with van der Waals surface area (Å²) in [6, 6.07) is 12.7. The summed E-state index contributed by atoms with van der Waals surface area (Å²) in [5.41, 5.74) is -0.347. The van der Waals surface area contributed by atoms with Crippen LogP contribution in [0, 0.1) is 0 Å². The summed E-state index contributed by atoms with van der Waals surface area (Å²) in [6.07, 6.45) is -7.57. The maximum absolute atomic E-state index is 14.0. The Hall–Kier alpha value is -1.52. The van der Waals surface area contributed by atoms with E-state index in [9.17, 15) is 21.6 Å². The highest BCUT2D eigenvalue weighted by Crippen LogP contribution is 2.66. The van der Waals surface area contributed by atoms with Crippen molar-refractivity contribution in [3.63, 3.8) is 0 Å². The zero-order valence-corrected chi connectivity index (χ0v) is 11.5. The highest BCUT2D eigenvalue weighted by molar-refractivity contribution is 7.68. The molecule has 0 saturated heterocycles. The molecule has 0 heterocycles. The molecule has 7 heteroatoms. The Morgan fingerprint density at radius 1 is 0.810 bits per heavy atom. The van der Waals surface area contributed by atoms with Crippen molar-refractivity contribution in [2.24, 2.45) is 0 Å². The summed E-state index contributed by atoms with van der Waals surface area (Å²) in [7, 11) is -5.33. The first-order valence-corrected chi connectivity index (χ1v) is 7.43. The third-order valence-electron chi connectivity index (χ3n) is 2.69. The first-order valence-electron chi connectivity index (χ1n) is 5.95. The Balaban J connectivity index is 2.32. The van der Waals surface area contributed by atoms with Gasteiger partial charge in [-0.2, -0.15) is 13.2 Å². The van der Waals surface area contributed by atoms with Crippen LogP contribution in [0.4, 0.5) is 21.6 Å². The summed E-state index contributed by atoms with van der Waals surface area (Å²) in [5.74, 6) is 0. The molecule has 0 N–H and O–H groups in total. The minimum Gasteiger partial charge on any atom is -0.168 e. The predicted molar refractivity (Wildman–Crippen MR) is 71.5 cm³/mol. The van der Waals surface area contributed by atoms with Crippen LogP contribution < -0.4 is 5.30 Å². The Bertz CT molecular complexity index is 571. The first-order chi connectivity index (χ1) is 9.81. The van der Waals surface area contributed by atoms with Crippen LogP contribution in [0.15, 0.2) is 60.7 Å². The normalized spacial score (nSPS) is 14.0. The third-order valence-corrected chi connectivity index (χ3v) is 4.07. The highest BCUT2D eigenvalue weighted by Gasteiger charge is 2.57. The van der Waals surface area contributed by atoms with Gasteiger partial charge >= 0.3 is 14.3 Å². The molecule has 112 valence electrons. The van der Waals surface area contributed by atoms with E-state index in [1.54, 1.807) is 0 Å². The Labute approximate surface area is 119 Å². The summed E-state index contributed by atoms with van der Waals surface area (Å²) in [6.45, 7) is 0. The molecule has 1 nitrogen and oxygen atoms in total. The summed E-state index contributed by atoms with van der Waals surface area (Å²) >= 11 is 0. The number of halogens is 5. The highest BCUT2D eigenvalue weighted by atomic mass is 31.3. The van der Waals surface area contributed by atoms with Crippen LogP contribution in [-0.4, -0.2) is 6.18 Å². The van der Waals surface area contributed by atoms with Gasteiger partial charge < -0.3 is 0 Å². The van der Waals surface area contributed by atoms with E-state index in [0.717, 1.165) is 24.3 Å². The van der Waals surface area contributed by atoms with Gasteiger partial charge in [0, 0.05) is 8.39 Å². The molecule has 2 aromatic rings. The van der Waals surface area contributed by atoms with Gasteiger partial charge in [-0.25, -0.2) is 0 Å². The van der Waals surface area contributed by atoms with Gasteiger partial charge in [0.05, 0.1) is 0 Å². The molecular formula is C14H11F5OP+. The molecule has 0 aliphatic rings. The molecule has 0 bridgehead atoms. The van der Waals surface area contributed by atoms with Crippen LogP contribution in [0.2, 0.25) is 0 Å². The molecule has 2 aromatic carbocycles.